The van der Waals surface area contributed by atoms with Crippen molar-refractivity contribution in [3.05, 3.63) is 12.2 Å². The zero-order chi connectivity index (χ0) is 11.0. The SMILES string of the molecule is CN1CCCC(NCC2CC3C=CC2C3)C1. The molecule has 2 fully saturated rings. The number of piperidine rings is 1. The highest BCUT2D eigenvalue weighted by molar-refractivity contribution is 5.10. The fourth-order valence-electron chi connectivity index (χ4n) is 3.78. The first-order valence-electron chi connectivity index (χ1n) is 6.91. The molecule has 3 aliphatic rings. The molecule has 0 amide bonds. The summed E-state index contributed by atoms with van der Waals surface area (Å²) in [4.78, 5) is 2.46. The lowest BCUT2D eigenvalue weighted by Crippen LogP contribution is -2.45. The number of hydrogen-bond acceptors (Lipinski definition) is 2. The van der Waals surface area contributed by atoms with Crippen LogP contribution in [0.3, 0.4) is 0 Å². The molecule has 2 nitrogen and oxygen atoms in total. The molecule has 4 unspecified atom stereocenters. The van der Waals surface area contributed by atoms with Gasteiger partial charge in [-0.05, 0) is 63.6 Å². The first-order valence-corrected chi connectivity index (χ1v) is 6.91. The maximum Gasteiger partial charge on any atom is 0.0195 e. The Morgan fingerprint density at radius 1 is 1.31 bits per heavy atom. The Kier molecular flexibility index (Phi) is 3.03. The van der Waals surface area contributed by atoms with Crippen LogP contribution in [-0.2, 0) is 0 Å². The van der Waals surface area contributed by atoms with Crippen molar-refractivity contribution in [3.8, 4) is 0 Å². The zero-order valence-corrected chi connectivity index (χ0v) is 10.4. The molecule has 1 heterocycles. The van der Waals surface area contributed by atoms with Gasteiger partial charge in [-0.15, -0.1) is 0 Å². The van der Waals surface area contributed by atoms with E-state index < -0.39 is 0 Å². The number of likely N-dealkylation sites (tertiary alicyclic amines) is 1. The number of rotatable bonds is 3. The minimum absolute atomic E-state index is 0.752. The van der Waals surface area contributed by atoms with Crippen LogP contribution in [0.2, 0.25) is 0 Å². The summed E-state index contributed by atoms with van der Waals surface area (Å²) in [6, 6.07) is 0.752. The lowest BCUT2D eigenvalue weighted by Gasteiger charge is -2.31. The normalized spacial score (nSPS) is 43.1. The quantitative estimate of drug-likeness (QED) is 0.731. The molecule has 0 spiro atoms. The van der Waals surface area contributed by atoms with Gasteiger partial charge < -0.3 is 10.2 Å². The van der Waals surface area contributed by atoms with Gasteiger partial charge in [0.2, 0.25) is 0 Å². The maximum atomic E-state index is 3.80. The molecular weight excluding hydrogens is 196 g/mol. The molecule has 1 aliphatic heterocycles. The maximum absolute atomic E-state index is 3.80. The van der Waals surface area contributed by atoms with E-state index in [1.54, 1.807) is 0 Å². The van der Waals surface area contributed by atoms with Crippen LogP contribution in [0.15, 0.2) is 12.2 Å². The van der Waals surface area contributed by atoms with Crippen LogP contribution in [0.5, 0.6) is 0 Å². The van der Waals surface area contributed by atoms with Gasteiger partial charge in [0.05, 0.1) is 0 Å². The zero-order valence-electron chi connectivity index (χ0n) is 10.4. The van der Waals surface area contributed by atoms with E-state index in [0.717, 1.165) is 23.8 Å². The van der Waals surface area contributed by atoms with Gasteiger partial charge in [0.1, 0.15) is 0 Å². The van der Waals surface area contributed by atoms with Crippen molar-refractivity contribution in [1.82, 2.24) is 10.2 Å². The molecule has 0 aromatic carbocycles. The van der Waals surface area contributed by atoms with E-state index in [1.165, 1.54) is 45.3 Å². The Balaban J connectivity index is 1.44. The predicted octanol–water partition coefficient (Wildman–Crippen LogP) is 1.88. The Morgan fingerprint density at radius 2 is 2.25 bits per heavy atom. The van der Waals surface area contributed by atoms with Gasteiger partial charge in [-0.3, -0.25) is 0 Å². The molecule has 2 aliphatic carbocycles. The highest BCUT2D eigenvalue weighted by Gasteiger charge is 2.35. The number of nitrogens with zero attached hydrogens (tertiary/aromatic N) is 1. The lowest BCUT2D eigenvalue weighted by molar-refractivity contribution is 0.219. The second kappa shape index (κ2) is 4.50. The summed E-state index contributed by atoms with van der Waals surface area (Å²) >= 11 is 0. The van der Waals surface area contributed by atoms with Crippen LogP contribution in [-0.4, -0.2) is 37.6 Å². The van der Waals surface area contributed by atoms with Crippen molar-refractivity contribution < 1.29 is 0 Å². The Morgan fingerprint density at radius 3 is 2.94 bits per heavy atom. The number of fused-ring (bicyclic) bond motifs is 2. The summed E-state index contributed by atoms with van der Waals surface area (Å²) in [5, 5.41) is 3.80. The molecule has 0 aromatic heterocycles. The second-order valence-electron chi connectivity index (χ2n) is 6.05. The first-order chi connectivity index (χ1) is 7.81. The molecule has 16 heavy (non-hydrogen) atoms. The van der Waals surface area contributed by atoms with Gasteiger partial charge >= 0.3 is 0 Å². The van der Waals surface area contributed by atoms with Crippen molar-refractivity contribution >= 4 is 0 Å². The third kappa shape index (κ3) is 2.18. The Hall–Kier alpha value is -0.340. The van der Waals surface area contributed by atoms with E-state index in [-0.39, 0.29) is 0 Å². The van der Waals surface area contributed by atoms with E-state index in [0.29, 0.717) is 0 Å². The van der Waals surface area contributed by atoms with Crippen LogP contribution in [0.25, 0.3) is 0 Å². The van der Waals surface area contributed by atoms with Crippen LogP contribution < -0.4 is 5.32 Å². The Bertz CT molecular complexity index is 274. The predicted molar refractivity (Wildman–Crippen MR) is 67.4 cm³/mol. The smallest absolute Gasteiger partial charge is 0.0195 e. The molecule has 4 atom stereocenters. The molecular formula is C14H24N2. The standard InChI is InChI=1S/C14H24N2/c1-16-6-2-3-14(10-16)15-9-13-8-11-4-5-12(13)7-11/h4-5,11-15H,2-3,6-10H2,1H3. The largest absolute Gasteiger partial charge is 0.312 e. The van der Waals surface area contributed by atoms with Crippen molar-refractivity contribution in [2.75, 3.05) is 26.7 Å². The third-order valence-corrected chi connectivity index (χ3v) is 4.71. The van der Waals surface area contributed by atoms with Crippen molar-refractivity contribution in [3.63, 3.8) is 0 Å². The summed E-state index contributed by atoms with van der Waals surface area (Å²) in [6.45, 7) is 3.79. The van der Waals surface area contributed by atoms with Gasteiger partial charge in [-0.2, -0.15) is 0 Å². The topological polar surface area (TPSA) is 15.3 Å². The third-order valence-electron chi connectivity index (χ3n) is 4.71. The van der Waals surface area contributed by atoms with E-state index in [1.807, 2.05) is 0 Å². The van der Waals surface area contributed by atoms with Crippen molar-refractivity contribution in [2.45, 2.75) is 31.7 Å². The summed E-state index contributed by atoms with van der Waals surface area (Å²) < 4.78 is 0. The number of allylic oxidation sites excluding steroid dienone is 2. The van der Waals surface area contributed by atoms with E-state index >= 15 is 0 Å². The molecule has 90 valence electrons. The minimum Gasteiger partial charge on any atom is -0.312 e. The molecule has 1 N–H and O–H groups in total. The van der Waals surface area contributed by atoms with Crippen molar-refractivity contribution in [1.29, 1.82) is 0 Å². The Labute approximate surface area is 99.1 Å². The summed E-state index contributed by atoms with van der Waals surface area (Å²) in [5.41, 5.74) is 0. The molecule has 1 saturated carbocycles. The molecule has 2 heteroatoms. The average molecular weight is 220 g/mol. The monoisotopic (exact) mass is 220 g/mol. The van der Waals surface area contributed by atoms with Gasteiger partial charge in [-0.1, -0.05) is 12.2 Å². The molecule has 0 aromatic rings. The highest BCUT2D eigenvalue weighted by atomic mass is 15.1. The fourth-order valence-corrected chi connectivity index (χ4v) is 3.78. The van der Waals surface area contributed by atoms with Crippen LogP contribution >= 0.6 is 0 Å². The van der Waals surface area contributed by atoms with Gasteiger partial charge in [0.15, 0.2) is 0 Å². The fraction of sp³-hybridized carbons (Fsp3) is 0.857. The van der Waals surface area contributed by atoms with E-state index in [9.17, 15) is 0 Å². The molecule has 2 bridgehead atoms. The summed E-state index contributed by atoms with van der Waals surface area (Å²) in [6.07, 6.45) is 10.5. The lowest BCUT2D eigenvalue weighted by atomic mass is 9.93. The summed E-state index contributed by atoms with van der Waals surface area (Å²) in [5.74, 6) is 2.76. The average Bonchev–Trinajstić information content (AvgIpc) is 2.88. The van der Waals surface area contributed by atoms with Gasteiger partial charge in [-0.25, -0.2) is 0 Å². The van der Waals surface area contributed by atoms with Crippen LogP contribution in [0.4, 0.5) is 0 Å². The van der Waals surface area contributed by atoms with E-state index in [4.69, 9.17) is 0 Å². The summed E-state index contributed by atoms with van der Waals surface area (Å²) in [7, 11) is 2.24. The van der Waals surface area contributed by atoms with Gasteiger partial charge in [0.25, 0.3) is 0 Å². The van der Waals surface area contributed by atoms with E-state index in [2.05, 4.69) is 29.4 Å². The molecule has 1 saturated heterocycles. The van der Waals surface area contributed by atoms with Crippen molar-refractivity contribution in [2.24, 2.45) is 17.8 Å². The number of hydrogen-bond donors (Lipinski definition) is 1. The second-order valence-corrected chi connectivity index (χ2v) is 6.05. The first kappa shape index (κ1) is 10.8. The molecule has 3 rings (SSSR count). The van der Waals surface area contributed by atoms with Crippen LogP contribution in [0, 0.1) is 17.8 Å². The minimum atomic E-state index is 0.752. The molecule has 0 radical (unpaired) electrons. The van der Waals surface area contributed by atoms with Crippen LogP contribution in [0.1, 0.15) is 25.7 Å². The highest BCUT2D eigenvalue weighted by Crippen LogP contribution is 2.43. The number of likely N-dealkylation sites (N-methyl/N-ethyl adjacent to an activating group) is 1. The number of nitrogens with one attached hydrogen (secondary N) is 1. The van der Waals surface area contributed by atoms with Gasteiger partial charge in [0, 0.05) is 12.6 Å².